The first kappa shape index (κ1) is 33.6. The van der Waals surface area contributed by atoms with Gasteiger partial charge in [-0.1, -0.05) is 46.8 Å². The Labute approximate surface area is 287 Å². The topological polar surface area (TPSA) is 88.2 Å². The Morgan fingerprint density at radius 2 is 1.48 bits per heavy atom. The Balaban J connectivity index is 1.15. The summed E-state index contributed by atoms with van der Waals surface area (Å²) >= 11 is 0. The van der Waals surface area contributed by atoms with Crippen molar-refractivity contribution >= 4 is 12.2 Å². The number of nitrogens with zero attached hydrogens (tertiary/aromatic N) is 4. The number of carbonyl (C=O) groups excluding carboxylic acids is 2. The number of fused-ring (bicyclic) bond motifs is 7. The molecule has 0 spiro atoms. The fourth-order valence-electron chi connectivity index (χ4n) is 13.3. The number of allylic oxidation sites excluding steroid dienone is 1. The third kappa shape index (κ3) is 4.66. The van der Waals surface area contributed by atoms with Crippen LogP contribution >= 0.6 is 0 Å². The van der Waals surface area contributed by atoms with Crippen molar-refractivity contribution in [1.82, 2.24) is 19.1 Å². The molecule has 7 rings (SSSR count). The van der Waals surface area contributed by atoms with Gasteiger partial charge in [0.2, 0.25) is 0 Å². The van der Waals surface area contributed by atoms with Crippen LogP contribution in [0.3, 0.4) is 0 Å². The second-order valence-corrected chi connectivity index (χ2v) is 18.0. The molecule has 0 amide bonds. The summed E-state index contributed by atoms with van der Waals surface area (Å²) in [7, 11) is 0. The van der Waals surface area contributed by atoms with E-state index < -0.39 is 0 Å². The first-order chi connectivity index (χ1) is 22.6. The van der Waals surface area contributed by atoms with Crippen LogP contribution in [-0.4, -0.2) is 44.0 Å². The predicted octanol–water partition coefficient (Wildman–Crippen LogP) is 9.39. The quantitative estimate of drug-likeness (QED) is 0.304. The Kier molecular flexibility index (Phi) is 7.92. The molecule has 0 aliphatic heterocycles. The van der Waals surface area contributed by atoms with Crippen LogP contribution in [0.15, 0.2) is 36.9 Å². The number of hydrogen-bond acceptors (Lipinski definition) is 6. The molecule has 2 heterocycles. The number of imidazole rings is 2. The molecule has 10 atom stereocenters. The van der Waals surface area contributed by atoms with Crippen molar-refractivity contribution in [3.05, 3.63) is 48.6 Å². The molecule has 8 nitrogen and oxygen atoms in total. The molecule has 0 saturated heterocycles. The molecular weight excluding hydrogens is 600 g/mol. The summed E-state index contributed by atoms with van der Waals surface area (Å²) in [6.07, 6.45) is 17.4. The van der Waals surface area contributed by atoms with E-state index in [-0.39, 0.29) is 45.4 Å². The van der Waals surface area contributed by atoms with Gasteiger partial charge in [-0.25, -0.2) is 28.7 Å². The number of hydrogen-bond donors (Lipinski definition) is 0. The molecule has 8 heteroatoms. The SMILES string of the molecule is C=C(C)[C@@H]1CC[C@]2(COC(=O)n3ccnc3C)CC[C@]3(C)C(CCC4[C@@]5(C)CC[C@H](OC(=O)n6ccnc6C)C(C)(C)C5CC[C@]43C)C12. The maximum Gasteiger partial charge on any atom is 0.419 e. The molecule has 2 aromatic heterocycles. The maximum absolute atomic E-state index is 13.2. The second-order valence-electron chi connectivity index (χ2n) is 18.0. The largest absolute Gasteiger partial charge is 0.448 e. The van der Waals surface area contributed by atoms with E-state index in [0.717, 1.165) is 32.1 Å². The maximum atomic E-state index is 13.2. The van der Waals surface area contributed by atoms with E-state index in [2.05, 4.69) is 58.1 Å². The van der Waals surface area contributed by atoms with Gasteiger partial charge in [0.15, 0.2) is 0 Å². The third-order valence-corrected chi connectivity index (χ3v) is 15.9. The molecule has 2 aromatic rings. The van der Waals surface area contributed by atoms with Gasteiger partial charge in [-0.2, -0.15) is 0 Å². The predicted molar refractivity (Wildman–Crippen MR) is 185 cm³/mol. The molecule has 0 bridgehead atoms. The summed E-state index contributed by atoms with van der Waals surface area (Å²) in [5.74, 6) is 3.96. The molecule has 262 valence electrons. The molecule has 5 aliphatic carbocycles. The van der Waals surface area contributed by atoms with E-state index in [1.54, 1.807) is 24.8 Å². The summed E-state index contributed by atoms with van der Waals surface area (Å²) in [6.45, 7) is 23.6. The lowest BCUT2D eigenvalue weighted by Gasteiger charge is -2.73. The average Bonchev–Trinajstić information content (AvgIpc) is 3.76. The molecule has 4 unspecified atom stereocenters. The summed E-state index contributed by atoms with van der Waals surface area (Å²) in [4.78, 5) is 34.9. The standard InChI is InChI=1S/C40H58N4O4/c1-25(2)28-12-17-40(24-47-34(45)43-22-20-41-26(43)3)19-18-38(8)29(33(28)40)10-11-31-37(7)15-14-32(48-35(46)44-23-21-42-27(44)4)36(5,6)30(37)13-16-39(31,38)9/h20-23,28-33H,1,10-19,24H2,2-9H3/t28-,29?,30?,31?,32-,33?,37-,38+,39+,40+/m0/s1. The second kappa shape index (κ2) is 11.3. The van der Waals surface area contributed by atoms with Gasteiger partial charge in [0, 0.05) is 35.6 Å². The summed E-state index contributed by atoms with van der Waals surface area (Å²) < 4.78 is 15.5. The molecule has 0 N–H and O–H groups in total. The molecule has 0 radical (unpaired) electrons. The first-order valence-corrected chi connectivity index (χ1v) is 18.6. The zero-order valence-electron chi connectivity index (χ0n) is 30.7. The van der Waals surface area contributed by atoms with Crippen molar-refractivity contribution in [3.63, 3.8) is 0 Å². The minimum absolute atomic E-state index is 0.000238. The van der Waals surface area contributed by atoms with Gasteiger partial charge in [-0.05, 0) is 131 Å². The van der Waals surface area contributed by atoms with Crippen LogP contribution in [0.1, 0.15) is 117 Å². The fourth-order valence-corrected chi connectivity index (χ4v) is 13.3. The van der Waals surface area contributed by atoms with E-state index in [1.165, 1.54) is 46.8 Å². The minimum Gasteiger partial charge on any atom is -0.448 e. The number of aromatic nitrogens is 4. The summed E-state index contributed by atoms with van der Waals surface area (Å²) in [5, 5.41) is 0. The van der Waals surface area contributed by atoms with Crippen LogP contribution in [0, 0.1) is 70.5 Å². The lowest BCUT2D eigenvalue weighted by Crippen LogP contribution is -2.67. The highest BCUT2D eigenvalue weighted by molar-refractivity contribution is 5.71. The molecule has 5 fully saturated rings. The first-order valence-electron chi connectivity index (χ1n) is 18.6. The molecule has 5 aliphatic rings. The Morgan fingerprint density at radius 3 is 2.10 bits per heavy atom. The van der Waals surface area contributed by atoms with Crippen molar-refractivity contribution in [2.75, 3.05) is 6.61 Å². The molecule has 0 aromatic carbocycles. The van der Waals surface area contributed by atoms with Crippen LogP contribution < -0.4 is 0 Å². The van der Waals surface area contributed by atoms with Crippen LogP contribution in [0.25, 0.3) is 0 Å². The van der Waals surface area contributed by atoms with Crippen LogP contribution in [0.2, 0.25) is 0 Å². The lowest BCUT2D eigenvalue weighted by molar-refractivity contribution is -0.249. The van der Waals surface area contributed by atoms with Gasteiger partial charge < -0.3 is 9.47 Å². The van der Waals surface area contributed by atoms with Crippen LogP contribution in [-0.2, 0) is 9.47 Å². The number of aryl methyl sites for hydroxylation is 2. The minimum atomic E-state index is -0.309. The van der Waals surface area contributed by atoms with Gasteiger partial charge in [0.1, 0.15) is 17.8 Å². The smallest absolute Gasteiger partial charge is 0.419 e. The summed E-state index contributed by atoms with van der Waals surface area (Å²) in [5.41, 5.74) is 1.78. The van der Waals surface area contributed by atoms with E-state index >= 15 is 0 Å². The normalized spacial score (nSPS) is 41.3. The van der Waals surface area contributed by atoms with E-state index in [1.807, 2.05) is 13.8 Å². The summed E-state index contributed by atoms with van der Waals surface area (Å²) in [6, 6.07) is 0. The molecular formula is C40H58N4O4. The van der Waals surface area contributed by atoms with E-state index in [9.17, 15) is 9.59 Å². The average molecular weight is 659 g/mol. The van der Waals surface area contributed by atoms with Crippen LogP contribution in [0.5, 0.6) is 0 Å². The van der Waals surface area contributed by atoms with Crippen molar-refractivity contribution in [3.8, 4) is 0 Å². The zero-order chi connectivity index (χ0) is 34.4. The van der Waals surface area contributed by atoms with Gasteiger partial charge in [0.05, 0.1) is 6.61 Å². The Hall–Kier alpha value is -2.90. The number of ether oxygens (including phenoxy) is 2. The zero-order valence-corrected chi connectivity index (χ0v) is 30.7. The lowest BCUT2D eigenvalue weighted by atomic mass is 9.32. The molecule has 5 saturated carbocycles. The van der Waals surface area contributed by atoms with Crippen molar-refractivity contribution in [2.45, 2.75) is 126 Å². The van der Waals surface area contributed by atoms with E-state index in [0.29, 0.717) is 47.8 Å². The van der Waals surface area contributed by atoms with Gasteiger partial charge in [-0.3, -0.25) is 0 Å². The van der Waals surface area contributed by atoms with Gasteiger partial charge in [-0.15, -0.1) is 0 Å². The Bertz CT molecular complexity index is 1610. The Morgan fingerprint density at radius 1 is 0.812 bits per heavy atom. The van der Waals surface area contributed by atoms with Crippen molar-refractivity contribution in [1.29, 1.82) is 0 Å². The molecule has 48 heavy (non-hydrogen) atoms. The fraction of sp³-hybridized carbons (Fsp3) is 0.750. The number of rotatable bonds is 4. The van der Waals surface area contributed by atoms with Gasteiger partial charge >= 0.3 is 12.2 Å². The highest BCUT2D eigenvalue weighted by Crippen LogP contribution is 2.77. The highest BCUT2D eigenvalue weighted by atomic mass is 16.6. The van der Waals surface area contributed by atoms with Gasteiger partial charge in [0.25, 0.3) is 0 Å². The monoisotopic (exact) mass is 658 g/mol. The van der Waals surface area contributed by atoms with Crippen molar-refractivity contribution in [2.24, 2.45) is 56.7 Å². The number of carbonyl (C=O) groups is 2. The highest BCUT2D eigenvalue weighted by Gasteiger charge is 2.71. The van der Waals surface area contributed by atoms with E-state index in [4.69, 9.17) is 9.47 Å². The van der Waals surface area contributed by atoms with Crippen LogP contribution in [0.4, 0.5) is 9.59 Å². The third-order valence-electron chi connectivity index (χ3n) is 15.9. The van der Waals surface area contributed by atoms with Crippen molar-refractivity contribution < 1.29 is 19.1 Å².